The van der Waals surface area contributed by atoms with Gasteiger partial charge >= 0.3 is 5.97 Å². The highest BCUT2D eigenvalue weighted by atomic mass is 16.4. The van der Waals surface area contributed by atoms with Gasteiger partial charge in [-0.25, -0.2) is 4.79 Å². The van der Waals surface area contributed by atoms with Crippen molar-refractivity contribution < 1.29 is 19.5 Å². The highest BCUT2D eigenvalue weighted by Gasteiger charge is 2.49. The number of hydrogen-bond donors (Lipinski definition) is 2. The average Bonchev–Trinajstić information content (AvgIpc) is 3.13. The van der Waals surface area contributed by atoms with Gasteiger partial charge in [0.15, 0.2) is 0 Å². The molecular weight excluding hydrogens is 308 g/mol. The molecule has 2 aliphatic rings. The fourth-order valence-electron chi connectivity index (χ4n) is 4.00. The number of benzene rings is 1. The zero-order valence-corrected chi connectivity index (χ0v) is 13.5. The van der Waals surface area contributed by atoms with Crippen LogP contribution in [-0.4, -0.2) is 46.9 Å². The van der Waals surface area contributed by atoms with Gasteiger partial charge in [0.05, 0.1) is 13.0 Å². The third-order valence-electron chi connectivity index (χ3n) is 5.11. The van der Waals surface area contributed by atoms with Crippen molar-refractivity contribution in [3.63, 3.8) is 0 Å². The van der Waals surface area contributed by atoms with Crippen molar-refractivity contribution >= 4 is 17.8 Å². The van der Waals surface area contributed by atoms with E-state index < -0.39 is 12.0 Å². The summed E-state index contributed by atoms with van der Waals surface area (Å²) in [6, 6.07) is 8.55. The smallest absolute Gasteiger partial charge is 0.326 e. The normalized spacial score (nSPS) is 25.3. The predicted molar refractivity (Wildman–Crippen MR) is 87.1 cm³/mol. The fourth-order valence-corrected chi connectivity index (χ4v) is 4.00. The number of nitrogens with zero attached hydrogens (tertiary/aromatic N) is 1. The first-order chi connectivity index (χ1) is 11.6. The Kier molecular flexibility index (Phi) is 4.83. The maximum atomic E-state index is 12.4. The van der Waals surface area contributed by atoms with E-state index in [9.17, 15) is 19.5 Å². The summed E-state index contributed by atoms with van der Waals surface area (Å²) in [4.78, 5) is 37.3. The number of aliphatic carboxylic acids is 1. The van der Waals surface area contributed by atoms with Crippen LogP contribution in [0.3, 0.4) is 0 Å². The summed E-state index contributed by atoms with van der Waals surface area (Å²) in [7, 11) is 0. The lowest BCUT2D eigenvalue weighted by Gasteiger charge is -2.24. The van der Waals surface area contributed by atoms with Gasteiger partial charge in [0.2, 0.25) is 11.8 Å². The molecule has 3 unspecified atom stereocenters. The molecule has 1 aromatic carbocycles. The van der Waals surface area contributed by atoms with Gasteiger partial charge in [-0.3, -0.25) is 9.59 Å². The molecule has 1 aliphatic carbocycles. The van der Waals surface area contributed by atoms with Gasteiger partial charge < -0.3 is 15.3 Å². The summed E-state index contributed by atoms with van der Waals surface area (Å²) in [6.07, 6.45) is 3.10. The van der Waals surface area contributed by atoms with E-state index in [4.69, 9.17) is 0 Å². The van der Waals surface area contributed by atoms with E-state index in [0.717, 1.165) is 24.8 Å². The summed E-state index contributed by atoms with van der Waals surface area (Å²) >= 11 is 0. The molecule has 0 radical (unpaired) electrons. The maximum absolute atomic E-state index is 12.4. The maximum Gasteiger partial charge on any atom is 0.326 e. The molecule has 2 N–H and O–H groups in total. The Hall–Kier alpha value is -2.37. The van der Waals surface area contributed by atoms with Crippen LogP contribution < -0.4 is 5.32 Å². The lowest BCUT2D eigenvalue weighted by Crippen LogP contribution is -2.47. The molecule has 24 heavy (non-hydrogen) atoms. The van der Waals surface area contributed by atoms with Crippen LogP contribution in [0, 0.1) is 11.8 Å². The molecule has 6 heteroatoms. The van der Waals surface area contributed by atoms with Crippen molar-refractivity contribution in [3.8, 4) is 0 Å². The molecule has 128 valence electrons. The average molecular weight is 330 g/mol. The number of carbonyl (C=O) groups excluding carboxylic acids is 2. The minimum atomic E-state index is -0.937. The molecule has 1 heterocycles. The minimum absolute atomic E-state index is 0.0615. The highest BCUT2D eigenvalue weighted by molar-refractivity contribution is 5.89. The molecule has 1 saturated carbocycles. The van der Waals surface area contributed by atoms with Gasteiger partial charge in [0.1, 0.15) is 6.04 Å². The lowest BCUT2D eigenvalue weighted by atomic mass is 9.94. The number of likely N-dealkylation sites (tertiary alicyclic amines) is 1. The number of carbonyl (C=O) groups is 3. The van der Waals surface area contributed by atoms with Crippen LogP contribution in [0.1, 0.15) is 24.8 Å². The Morgan fingerprint density at radius 2 is 1.92 bits per heavy atom. The van der Waals surface area contributed by atoms with Gasteiger partial charge in [-0.05, 0) is 30.2 Å². The van der Waals surface area contributed by atoms with E-state index in [0.29, 0.717) is 6.54 Å². The number of rotatable bonds is 5. The molecule has 2 fully saturated rings. The molecule has 1 aromatic rings. The van der Waals surface area contributed by atoms with E-state index in [1.165, 1.54) is 4.90 Å². The molecular formula is C18H22N2O4. The van der Waals surface area contributed by atoms with E-state index in [2.05, 4.69) is 5.32 Å². The Bertz CT molecular complexity index is 631. The molecule has 3 atom stereocenters. The quantitative estimate of drug-likeness (QED) is 0.845. The third kappa shape index (κ3) is 3.42. The largest absolute Gasteiger partial charge is 0.480 e. The van der Waals surface area contributed by atoms with Crippen molar-refractivity contribution in [2.45, 2.75) is 31.7 Å². The standard InChI is InChI=1S/C18H22N2O4/c21-15(9-12-5-2-1-3-6-12)19-10-16(22)20-11-13-7-4-8-14(13)17(20)18(23)24/h1-3,5-6,13-14,17H,4,7-11H2,(H,19,21)(H,23,24). The van der Waals surface area contributed by atoms with Crippen LogP contribution >= 0.6 is 0 Å². The van der Waals surface area contributed by atoms with Crippen LogP contribution in [0.2, 0.25) is 0 Å². The summed E-state index contributed by atoms with van der Waals surface area (Å²) in [5, 5.41) is 12.1. The summed E-state index contributed by atoms with van der Waals surface area (Å²) in [6.45, 7) is 0.351. The number of hydrogen-bond acceptors (Lipinski definition) is 3. The number of carboxylic acid groups (broad SMARTS) is 1. The van der Waals surface area contributed by atoms with Crippen LogP contribution in [0.15, 0.2) is 30.3 Å². The van der Waals surface area contributed by atoms with Gasteiger partial charge in [-0.15, -0.1) is 0 Å². The summed E-state index contributed by atoms with van der Waals surface area (Å²) in [5.41, 5.74) is 0.876. The Balaban J connectivity index is 1.54. The molecule has 2 amide bonds. The lowest BCUT2D eigenvalue weighted by molar-refractivity contribution is -0.149. The van der Waals surface area contributed by atoms with Crippen LogP contribution in [0.25, 0.3) is 0 Å². The summed E-state index contributed by atoms with van der Waals surface area (Å²) < 4.78 is 0. The van der Waals surface area contributed by atoms with Crippen molar-refractivity contribution in [2.24, 2.45) is 11.8 Å². The molecule has 6 nitrogen and oxygen atoms in total. The third-order valence-corrected chi connectivity index (χ3v) is 5.11. The van der Waals surface area contributed by atoms with E-state index in [1.807, 2.05) is 30.3 Å². The van der Waals surface area contributed by atoms with Gasteiger partial charge in [0, 0.05) is 6.54 Å². The molecule has 1 saturated heterocycles. The number of nitrogens with one attached hydrogen (secondary N) is 1. The first kappa shape index (κ1) is 16.5. The van der Waals surface area contributed by atoms with Gasteiger partial charge in [0.25, 0.3) is 0 Å². The highest BCUT2D eigenvalue weighted by Crippen LogP contribution is 2.42. The minimum Gasteiger partial charge on any atom is -0.480 e. The number of fused-ring (bicyclic) bond motifs is 1. The second-order valence-electron chi connectivity index (χ2n) is 6.62. The fraction of sp³-hybridized carbons (Fsp3) is 0.500. The van der Waals surface area contributed by atoms with Crippen LogP contribution in [-0.2, 0) is 20.8 Å². The Morgan fingerprint density at radius 1 is 1.17 bits per heavy atom. The first-order valence-corrected chi connectivity index (χ1v) is 8.39. The van der Waals surface area contributed by atoms with Crippen LogP contribution in [0.4, 0.5) is 0 Å². The number of amides is 2. The predicted octanol–water partition coefficient (Wildman–Crippen LogP) is 1.06. The van der Waals surface area contributed by atoms with Crippen molar-refractivity contribution in [2.75, 3.05) is 13.1 Å². The van der Waals surface area contributed by atoms with Crippen molar-refractivity contribution in [3.05, 3.63) is 35.9 Å². The molecule has 0 bridgehead atoms. The molecule has 0 spiro atoms. The molecule has 1 aliphatic heterocycles. The summed E-state index contributed by atoms with van der Waals surface area (Å²) in [5.74, 6) is -1.13. The van der Waals surface area contributed by atoms with E-state index >= 15 is 0 Å². The number of carboxylic acids is 1. The second-order valence-corrected chi connectivity index (χ2v) is 6.62. The van der Waals surface area contributed by atoms with Crippen LogP contribution in [0.5, 0.6) is 0 Å². The zero-order chi connectivity index (χ0) is 17.1. The first-order valence-electron chi connectivity index (χ1n) is 8.39. The van der Waals surface area contributed by atoms with E-state index in [1.54, 1.807) is 0 Å². The Labute approximate surface area is 140 Å². The van der Waals surface area contributed by atoms with Gasteiger partial charge in [-0.1, -0.05) is 36.8 Å². The monoisotopic (exact) mass is 330 g/mol. The molecule has 3 rings (SSSR count). The van der Waals surface area contributed by atoms with E-state index in [-0.39, 0.29) is 36.6 Å². The zero-order valence-electron chi connectivity index (χ0n) is 13.5. The van der Waals surface area contributed by atoms with Crippen molar-refractivity contribution in [1.82, 2.24) is 10.2 Å². The topological polar surface area (TPSA) is 86.7 Å². The second kappa shape index (κ2) is 7.03. The van der Waals surface area contributed by atoms with Crippen molar-refractivity contribution in [1.29, 1.82) is 0 Å². The molecule has 0 aromatic heterocycles. The Morgan fingerprint density at radius 3 is 2.62 bits per heavy atom. The SMILES string of the molecule is O=C(Cc1ccccc1)NCC(=O)N1CC2CCCC2C1C(=O)O. The van der Waals surface area contributed by atoms with Gasteiger partial charge in [-0.2, -0.15) is 0 Å².